The largest absolute Gasteiger partial charge is 0.508 e. The van der Waals surface area contributed by atoms with Gasteiger partial charge in [0, 0.05) is 18.2 Å². The Morgan fingerprint density at radius 2 is 2.00 bits per heavy atom. The summed E-state index contributed by atoms with van der Waals surface area (Å²) in [6, 6.07) is 8.81. The molecule has 3 aliphatic rings. The maximum Gasteiger partial charge on any atom is 0.252 e. The molecule has 3 N–H and O–H groups in total. The highest BCUT2D eigenvalue weighted by atomic mass is 16.3. The van der Waals surface area contributed by atoms with E-state index in [0.717, 1.165) is 43.4 Å². The van der Waals surface area contributed by atoms with Gasteiger partial charge in [0.2, 0.25) is 0 Å². The number of aromatic nitrogens is 3. The Hall–Kier alpha value is -2.93. The average Bonchev–Trinajstić information content (AvgIpc) is 3.17. The maximum atomic E-state index is 13.1. The lowest BCUT2D eigenvalue weighted by molar-refractivity contribution is 0.0621. The number of nitrogens with one attached hydrogen (secondary N) is 2. The SMILES string of the molecule is O=C(NC1CN2CCC1CC2)c1cc(-c2ccc(O)cc2)nc2[nH]ncc12. The monoisotopic (exact) mass is 363 g/mol. The Morgan fingerprint density at radius 3 is 2.70 bits per heavy atom. The third kappa shape index (κ3) is 2.94. The number of carbonyl (C=O) groups excluding carboxylic acids is 1. The van der Waals surface area contributed by atoms with Crippen LogP contribution in [0.3, 0.4) is 0 Å². The highest BCUT2D eigenvalue weighted by molar-refractivity contribution is 6.06. The number of aromatic amines is 1. The predicted molar refractivity (Wildman–Crippen MR) is 101 cm³/mol. The molecule has 2 bridgehead atoms. The van der Waals surface area contributed by atoms with E-state index in [0.29, 0.717) is 22.8 Å². The molecule has 1 aromatic carbocycles. The van der Waals surface area contributed by atoms with Crippen LogP contribution in [0.15, 0.2) is 36.5 Å². The molecule has 3 saturated heterocycles. The Kier molecular flexibility index (Phi) is 3.82. The Bertz CT molecular complexity index is 989. The van der Waals surface area contributed by atoms with Crippen LogP contribution in [-0.4, -0.2) is 56.8 Å². The molecule has 0 saturated carbocycles. The van der Waals surface area contributed by atoms with Crippen LogP contribution < -0.4 is 5.32 Å². The lowest BCUT2D eigenvalue weighted by atomic mass is 9.84. The van der Waals surface area contributed by atoms with Crippen LogP contribution in [0.25, 0.3) is 22.3 Å². The smallest absolute Gasteiger partial charge is 0.252 e. The standard InChI is InChI=1S/C20H21N5O2/c26-14-3-1-12(2-4-14)17-9-15(16-10-21-24-19(16)22-17)20(27)23-18-11-25-7-5-13(18)6-8-25/h1-4,9-10,13,18,26H,5-8,11H2,(H,23,27)(H,21,22,24). The van der Waals surface area contributed by atoms with Crippen molar-refractivity contribution in [1.82, 2.24) is 25.4 Å². The molecule has 5 heterocycles. The molecule has 0 aliphatic carbocycles. The van der Waals surface area contributed by atoms with E-state index in [-0.39, 0.29) is 17.7 Å². The van der Waals surface area contributed by atoms with Gasteiger partial charge < -0.3 is 15.3 Å². The molecule has 1 atom stereocenters. The number of phenolic OH excluding ortho intramolecular Hbond substituents is 1. The number of H-pyrrole nitrogens is 1. The molecule has 0 spiro atoms. The van der Waals surface area contributed by atoms with Crippen molar-refractivity contribution >= 4 is 16.9 Å². The second-order valence-electron chi connectivity index (χ2n) is 7.45. The summed E-state index contributed by atoms with van der Waals surface area (Å²) < 4.78 is 0. The van der Waals surface area contributed by atoms with Gasteiger partial charge in [-0.1, -0.05) is 0 Å². The number of aromatic hydroxyl groups is 1. The molecular formula is C20H21N5O2. The van der Waals surface area contributed by atoms with Crippen LogP contribution in [0.2, 0.25) is 0 Å². The van der Waals surface area contributed by atoms with Crippen molar-refractivity contribution in [3.63, 3.8) is 0 Å². The fourth-order valence-electron chi connectivity index (χ4n) is 4.27. The summed E-state index contributed by atoms with van der Waals surface area (Å²) in [5.41, 5.74) is 2.67. The predicted octanol–water partition coefficient (Wildman–Crippen LogP) is 2.15. The normalized spacial score (nSPS) is 24.2. The van der Waals surface area contributed by atoms with Gasteiger partial charge in [0.05, 0.1) is 22.8 Å². The third-order valence-electron chi connectivity index (χ3n) is 5.80. The number of hydrogen-bond donors (Lipinski definition) is 3. The van der Waals surface area contributed by atoms with Crippen LogP contribution in [0.4, 0.5) is 0 Å². The minimum atomic E-state index is -0.0809. The van der Waals surface area contributed by atoms with Gasteiger partial charge >= 0.3 is 0 Å². The summed E-state index contributed by atoms with van der Waals surface area (Å²) in [4.78, 5) is 20.1. The summed E-state index contributed by atoms with van der Waals surface area (Å²) in [6.07, 6.45) is 3.96. The number of carbonyl (C=O) groups is 1. The van der Waals surface area contributed by atoms with Gasteiger partial charge in [0.25, 0.3) is 5.91 Å². The number of nitrogens with zero attached hydrogens (tertiary/aromatic N) is 3. The molecular weight excluding hydrogens is 342 g/mol. The summed E-state index contributed by atoms with van der Waals surface area (Å²) >= 11 is 0. The molecule has 3 aromatic rings. The van der Waals surface area contributed by atoms with E-state index in [4.69, 9.17) is 0 Å². The molecule has 1 amide bonds. The molecule has 7 nitrogen and oxygen atoms in total. The van der Waals surface area contributed by atoms with E-state index in [2.05, 4.69) is 25.4 Å². The topological polar surface area (TPSA) is 94.1 Å². The lowest BCUT2D eigenvalue weighted by Crippen LogP contribution is -2.57. The summed E-state index contributed by atoms with van der Waals surface area (Å²) in [7, 11) is 0. The van der Waals surface area contributed by atoms with Crippen LogP contribution >= 0.6 is 0 Å². The van der Waals surface area contributed by atoms with Crippen molar-refractivity contribution < 1.29 is 9.90 Å². The number of rotatable bonds is 3. The number of piperidine rings is 3. The molecule has 6 rings (SSSR count). The van der Waals surface area contributed by atoms with E-state index in [9.17, 15) is 9.90 Å². The first-order valence-electron chi connectivity index (χ1n) is 9.34. The molecule has 7 heteroatoms. The summed E-state index contributed by atoms with van der Waals surface area (Å²) in [5.74, 6) is 0.682. The first-order chi connectivity index (χ1) is 13.2. The minimum absolute atomic E-state index is 0.0809. The Balaban J connectivity index is 1.49. The number of pyridine rings is 1. The van der Waals surface area contributed by atoms with Gasteiger partial charge in [-0.3, -0.25) is 9.89 Å². The van der Waals surface area contributed by atoms with E-state index in [1.165, 1.54) is 0 Å². The maximum absolute atomic E-state index is 13.1. The molecule has 0 radical (unpaired) electrons. The average molecular weight is 363 g/mol. The highest BCUT2D eigenvalue weighted by Crippen LogP contribution is 2.29. The van der Waals surface area contributed by atoms with Crippen LogP contribution in [-0.2, 0) is 0 Å². The zero-order chi connectivity index (χ0) is 18.4. The number of hydrogen-bond acceptors (Lipinski definition) is 5. The Morgan fingerprint density at radius 1 is 1.22 bits per heavy atom. The lowest BCUT2D eigenvalue weighted by Gasteiger charge is -2.44. The van der Waals surface area contributed by atoms with E-state index in [1.54, 1.807) is 36.5 Å². The van der Waals surface area contributed by atoms with Crippen LogP contribution in [0.5, 0.6) is 5.75 Å². The Labute approximate surface area is 156 Å². The van der Waals surface area contributed by atoms with Gasteiger partial charge in [0.1, 0.15) is 5.75 Å². The molecule has 3 fully saturated rings. The number of phenols is 1. The van der Waals surface area contributed by atoms with Gasteiger partial charge in [-0.05, 0) is 62.2 Å². The quantitative estimate of drug-likeness (QED) is 0.663. The van der Waals surface area contributed by atoms with E-state index < -0.39 is 0 Å². The van der Waals surface area contributed by atoms with Crippen molar-refractivity contribution in [1.29, 1.82) is 0 Å². The van der Waals surface area contributed by atoms with Crippen LogP contribution in [0.1, 0.15) is 23.2 Å². The van der Waals surface area contributed by atoms with Crippen molar-refractivity contribution in [3.8, 4) is 17.0 Å². The second-order valence-corrected chi connectivity index (χ2v) is 7.45. The van der Waals surface area contributed by atoms with Crippen molar-refractivity contribution in [3.05, 3.63) is 42.1 Å². The third-order valence-corrected chi connectivity index (χ3v) is 5.80. The van der Waals surface area contributed by atoms with Gasteiger partial charge in [-0.25, -0.2) is 4.98 Å². The fourth-order valence-corrected chi connectivity index (χ4v) is 4.27. The molecule has 138 valence electrons. The molecule has 3 aliphatic heterocycles. The number of benzene rings is 1. The van der Waals surface area contributed by atoms with Crippen molar-refractivity contribution in [2.45, 2.75) is 18.9 Å². The van der Waals surface area contributed by atoms with Crippen molar-refractivity contribution in [2.75, 3.05) is 19.6 Å². The van der Waals surface area contributed by atoms with E-state index >= 15 is 0 Å². The number of amides is 1. The molecule has 2 aromatic heterocycles. The first-order valence-corrected chi connectivity index (χ1v) is 9.34. The number of fused-ring (bicyclic) bond motifs is 4. The highest BCUT2D eigenvalue weighted by Gasteiger charge is 2.35. The van der Waals surface area contributed by atoms with Gasteiger partial charge in [0.15, 0.2) is 5.65 Å². The van der Waals surface area contributed by atoms with Gasteiger partial charge in [-0.15, -0.1) is 0 Å². The first kappa shape index (κ1) is 16.3. The van der Waals surface area contributed by atoms with E-state index in [1.807, 2.05) is 0 Å². The summed E-state index contributed by atoms with van der Waals surface area (Å²) in [5, 5.41) is 20.4. The van der Waals surface area contributed by atoms with Gasteiger partial charge in [-0.2, -0.15) is 5.10 Å². The zero-order valence-electron chi connectivity index (χ0n) is 14.9. The van der Waals surface area contributed by atoms with Crippen molar-refractivity contribution in [2.24, 2.45) is 5.92 Å². The fraction of sp³-hybridized carbons (Fsp3) is 0.350. The molecule has 27 heavy (non-hydrogen) atoms. The molecule has 1 unspecified atom stereocenters. The van der Waals surface area contributed by atoms with Crippen LogP contribution in [0, 0.1) is 5.92 Å². The summed E-state index contributed by atoms with van der Waals surface area (Å²) in [6.45, 7) is 3.22. The zero-order valence-corrected chi connectivity index (χ0v) is 14.9. The minimum Gasteiger partial charge on any atom is -0.508 e. The second kappa shape index (κ2) is 6.35.